The van der Waals surface area contributed by atoms with E-state index in [4.69, 9.17) is 4.74 Å². The lowest BCUT2D eigenvalue weighted by Gasteiger charge is -2.52. The number of benzene rings is 3. The minimum atomic E-state index is -0.924. The summed E-state index contributed by atoms with van der Waals surface area (Å²) in [6, 6.07) is 21.8. The topological polar surface area (TPSA) is 29.5 Å². The Morgan fingerprint density at radius 1 is 1.00 bits per heavy atom. The number of amides is 1. The molecule has 3 heterocycles. The highest BCUT2D eigenvalue weighted by molar-refractivity contribution is 7.99. The molecule has 0 aliphatic carbocycles. The first-order valence-electron chi connectivity index (χ1n) is 12.9. The Labute approximate surface area is 221 Å². The van der Waals surface area contributed by atoms with Gasteiger partial charge >= 0.3 is 6.09 Å². The molecule has 6 rings (SSSR count). The Morgan fingerprint density at radius 3 is 2.51 bits per heavy atom. The van der Waals surface area contributed by atoms with Crippen molar-refractivity contribution in [3.8, 4) is 0 Å². The number of quaternary nitrogens is 1. The Morgan fingerprint density at radius 2 is 1.78 bits per heavy atom. The third-order valence-electron chi connectivity index (χ3n) is 7.73. The molecule has 194 valence electrons. The van der Waals surface area contributed by atoms with E-state index in [1.165, 1.54) is 15.9 Å². The van der Waals surface area contributed by atoms with Gasteiger partial charge in [0.25, 0.3) is 0 Å². The number of aryl methyl sites for hydroxylation is 1. The van der Waals surface area contributed by atoms with Gasteiger partial charge in [-0.1, -0.05) is 36.4 Å². The lowest BCUT2D eigenvalue weighted by Crippen LogP contribution is -2.65. The maximum atomic E-state index is 13.9. The van der Waals surface area contributed by atoms with Crippen LogP contribution in [0.5, 0.6) is 0 Å². The van der Waals surface area contributed by atoms with E-state index in [2.05, 4.69) is 24.3 Å². The quantitative estimate of drug-likeness (QED) is 0.240. The number of piperidine rings is 3. The number of hydrogen-bond donors (Lipinski definition) is 0. The number of carbonyl (C=O) groups is 1. The zero-order valence-electron chi connectivity index (χ0n) is 21.1. The van der Waals surface area contributed by atoms with Crippen molar-refractivity contribution in [2.24, 2.45) is 5.92 Å². The fourth-order valence-electron chi connectivity index (χ4n) is 5.61. The predicted octanol–water partition coefficient (Wildman–Crippen LogP) is 6.82. The average molecular weight is 524 g/mol. The molecule has 3 aliphatic rings. The third kappa shape index (κ3) is 6.16. The van der Waals surface area contributed by atoms with Crippen LogP contribution in [0.25, 0.3) is 0 Å². The van der Waals surface area contributed by atoms with Crippen LogP contribution in [-0.2, 0) is 11.3 Å². The summed E-state index contributed by atoms with van der Waals surface area (Å²) in [5, 5.41) is 0. The van der Waals surface area contributed by atoms with E-state index in [0.29, 0.717) is 17.2 Å². The molecule has 0 radical (unpaired) electrons. The molecule has 37 heavy (non-hydrogen) atoms. The molecule has 1 atom stereocenters. The van der Waals surface area contributed by atoms with Gasteiger partial charge in [-0.05, 0) is 54.4 Å². The molecule has 0 aromatic heterocycles. The average Bonchev–Trinajstić information content (AvgIpc) is 2.90. The van der Waals surface area contributed by atoms with Gasteiger partial charge in [0.2, 0.25) is 0 Å². The van der Waals surface area contributed by atoms with Crippen LogP contribution in [0, 0.1) is 24.5 Å². The largest absolute Gasteiger partial charge is 0.440 e. The highest BCUT2D eigenvalue weighted by Gasteiger charge is 2.47. The molecule has 3 aromatic rings. The van der Waals surface area contributed by atoms with Crippen LogP contribution in [0.4, 0.5) is 19.3 Å². The molecule has 3 fully saturated rings. The SMILES string of the molecule is Cc1cccc(N(Cc2ccc(F)c(F)c2)C(=O)OC2C[N+]3(CCSc4ccccc4)CCC2CC3)c1. The van der Waals surface area contributed by atoms with Crippen molar-refractivity contribution in [2.75, 3.05) is 36.8 Å². The fraction of sp³-hybridized carbons (Fsp3) is 0.367. The summed E-state index contributed by atoms with van der Waals surface area (Å²) < 4.78 is 34.6. The van der Waals surface area contributed by atoms with Gasteiger partial charge < -0.3 is 9.22 Å². The lowest BCUT2D eigenvalue weighted by atomic mass is 9.83. The summed E-state index contributed by atoms with van der Waals surface area (Å²) in [7, 11) is 0. The monoisotopic (exact) mass is 523 g/mol. The van der Waals surface area contributed by atoms with Crippen molar-refractivity contribution in [1.29, 1.82) is 0 Å². The smallest absolute Gasteiger partial charge is 0.415 e. The van der Waals surface area contributed by atoms with Gasteiger partial charge in [-0.2, -0.15) is 0 Å². The highest BCUT2D eigenvalue weighted by atomic mass is 32.2. The summed E-state index contributed by atoms with van der Waals surface area (Å²) >= 11 is 1.88. The Balaban J connectivity index is 1.28. The lowest BCUT2D eigenvalue weighted by molar-refractivity contribution is -0.943. The number of hydrogen-bond acceptors (Lipinski definition) is 3. The second-order valence-corrected chi connectivity index (χ2v) is 11.5. The number of halogens is 2. The van der Waals surface area contributed by atoms with Crippen LogP contribution in [-0.4, -0.2) is 48.6 Å². The normalized spacial score (nSPS) is 22.6. The molecule has 0 spiro atoms. The van der Waals surface area contributed by atoms with E-state index >= 15 is 0 Å². The maximum absolute atomic E-state index is 13.9. The van der Waals surface area contributed by atoms with Gasteiger partial charge in [-0.3, -0.25) is 4.90 Å². The zero-order chi connectivity index (χ0) is 25.8. The van der Waals surface area contributed by atoms with Crippen LogP contribution >= 0.6 is 11.8 Å². The van der Waals surface area contributed by atoms with Crippen molar-refractivity contribution in [1.82, 2.24) is 0 Å². The van der Waals surface area contributed by atoms with Crippen molar-refractivity contribution >= 4 is 23.5 Å². The van der Waals surface area contributed by atoms with Gasteiger partial charge in [-0.25, -0.2) is 13.6 Å². The molecule has 7 heteroatoms. The fourth-order valence-corrected chi connectivity index (χ4v) is 6.68. The summed E-state index contributed by atoms with van der Waals surface area (Å²) in [6.07, 6.45) is 1.53. The van der Waals surface area contributed by atoms with Crippen molar-refractivity contribution < 1.29 is 22.8 Å². The van der Waals surface area contributed by atoms with E-state index in [0.717, 1.165) is 67.0 Å². The van der Waals surface area contributed by atoms with Crippen LogP contribution in [0.15, 0.2) is 77.7 Å². The standard InChI is InChI=1S/C30H33F2N2O2S/c1-22-6-5-7-25(18-22)33(20-23-10-11-27(31)28(32)19-23)30(35)36-29-21-34(14-12-24(29)13-15-34)16-17-37-26-8-3-2-4-9-26/h2-11,18-19,24,29H,12-17,20-21H2,1H3/q+1. The van der Waals surface area contributed by atoms with Crippen LogP contribution in [0.1, 0.15) is 24.0 Å². The molecule has 2 bridgehead atoms. The van der Waals surface area contributed by atoms with Gasteiger partial charge in [0.15, 0.2) is 17.7 Å². The van der Waals surface area contributed by atoms with E-state index in [-0.39, 0.29) is 12.6 Å². The van der Waals surface area contributed by atoms with Gasteiger partial charge in [0, 0.05) is 35.1 Å². The molecule has 4 nitrogen and oxygen atoms in total. The number of carbonyl (C=O) groups excluding carboxylic acids is 1. The maximum Gasteiger partial charge on any atom is 0.415 e. The number of rotatable bonds is 8. The second kappa shape index (κ2) is 11.2. The molecule has 3 aromatic carbocycles. The van der Waals surface area contributed by atoms with E-state index < -0.39 is 17.7 Å². The second-order valence-electron chi connectivity index (χ2n) is 10.3. The molecular formula is C30H33F2N2O2S+. The van der Waals surface area contributed by atoms with Crippen molar-refractivity contribution in [3.63, 3.8) is 0 Å². The minimum Gasteiger partial charge on any atom is -0.440 e. The molecular weight excluding hydrogens is 490 g/mol. The predicted molar refractivity (Wildman–Crippen MR) is 144 cm³/mol. The molecule has 3 aliphatic heterocycles. The number of fused-ring (bicyclic) bond motifs is 3. The molecule has 1 amide bonds. The third-order valence-corrected chi connectivity index (χ3v) is 8.72. The summed E-state index contributed by atoms with van der Waals surface area (Å²) in [5.41, 5.74) is 2.19. The van der Waals surface area contributed by atoms with Gasteiger partial charge in [-0.15, -0.1) is 11.8 Å². The van der Waals surface area contributed by atoms with Crippen molar-refractivity contribution in [3.05, 3.63) is 95.6 Å². The summed E-state index contributed by atoms with van der Waals surface area (Å²) in [4.78, 5) is 16.4. The first-order valence-corrected chi connectivity index (χ1v) is 13.9. The first kappa shape index (κ1) is 25.7. The minimum absolute atomic E-state index is 0.102. The highest BCUT2D eigenvalue weighted by Crippen LogP contribution is 2.37. The van der Waals surface area contributed by atoms with Crippen LogP contribution in [0.2, 0.25) is 0 Å². The first-order chi connectivity index (χ1) is 17.9. The molecule has 0 N–H and O–H groups in total. The van der Waals surface area contributed by atoms with Crippen LogP contribution < -0.4 is 4.90 Å². The summed E-state index contributed by atoms with van der Waals surface area (Å²) in [5.74, 6) is -0.429. The van der Waals surface area contributed by atoms with E-state index in [9.17, 15) is 13.6 Å². The Bertz CT molecular complexity index is 1230. The van der Waals surface area contributed by atoms with Gasteiger partial charge in [0.1, 0.15) is 6.54 Å². The van der Waals surface area contributed by atoms with Gasteiger partial charge in [0.05, 0.1) is 26.2 Å². The Kier molecular flexibility index (Phi) is 7.81. The Hall–Kier alpha value is -2.90. The van der Waals surface area contributed by atoms with Crippen molar-refractivity contribution in [2.45, 2.75) is 37.3 Å². The van der Waals surface area contributed by atoms with E-state index in [1.807, 2.05) is 49.0 Å². The molecule has 3 saturated heterocycles. The number of anilines is 1. The molecule has 0 saturated carbocycles. The molecule has 1 unspecified atom stereocenters. The number of ether oxygens (including phenoxy) is 1. The van der Waals surface area contributed by atoms with E-state index in [1.54, 1.807) is 0 Å². The summed E-state index contributed by atoms with van der Waals surface area (Å²) in [6.45, 7) is 6.20. The number of thioether (sulfide) groups is 1. The number of nitrogens with zero attached hydrogens (tertiary/aromatic N) is 2. The van der Waals surface area contributed by atoms with Crippen LogP contribution in [0.3, 0.4) is 0 Å². The zero-order valence-corrected chi connectivity index (χ0v) is 21.9.